The first-order valence-corrected chi connectivity index (χ1v) is 7.88. The van der Waals surface area contributed by atoms with Gasteiger partial charge in [-0.3, -0.25) is 4.90 Å². The molecule has 0 radical (unpaired) electrons. The maximum atomic E-state index is 14.5. The van der Waals surface area contributed by atoms with Crippen LogP contribution in [0.1, 0.15) is 5.56 Å². The van der Waals surface area contributed by atoms with Gasteiger partial charge in [-0.25, -0.2) is 15.0 Å². The molecular formula is C17H19FN6O2. The lowest BCUT2D eigenvalue weighted by molar-refractivity contribution is 0.122. The standard InChI is InChI=1S/C17H19FN6O2/c18-15-7-13(1-2-16(15)22-5-3-12(8-20)9-22)24-11-14(26-17(24)25)10-23(21)6-4-19/h1-9,14,20H,10-11,19,21H2/b6-4-,20-8?/t14-/m0/s1. The summed E-state index contributed by atoms with van der Waals surface area (Å²) in [5, 5.41) is 8.54. The zero-order chi connectivity index (χ0) is 18.7. The summed E-state index contributed by atoms with van der Waals surface area (Å²) in [5.74, 6) is 5.20. The summed E-state index contributed by atoms with van der Waals surface area (Å²) in [6.45, 7) is 0.525. The zero-order valence-electron chi connectivity index (χ0n) is 13.9. The number of halogens is 1. The second-order valence-corrected chi connectivity index (χ2v) is 5.79. The molecule has 1 fully saturated rings. The second kappa shape index (κ2) is 7.28. The van der Waals surface area contributed by atoms with Gasteiger partial charge in [-0.15, -0.1) is 0 Å². The van der Waals surface area contributed by atoms with Crippen molar-refractivity contribution in [2.45, 2.75) is 6.10 Å². The van der Waals surface area contributed by atoms with Crippen molar-refractivity contribution in [2.75, 3.05) is 18.0 Å². The summed E-state index contributed by atoms with van der Waals surface area (Å²) in [7, 11) is 0. The van der Waals surface area contributed by atoms with Crippen molar-refractivity contribution >= 4 is 18.0 Å². The SMILES string of the molecule is N=Cc1ccn(-c2ccc(N3C[C@H](CN(N)/C=C\N)OC3=O)cc2F)c1. The molecule has 1 aromatic carbocycles. The Morgan fingerprint density at radius 3 is 2.88 bits per heavy atom. The van der Waals surface area contributed by atoms with Gasteiger partial charge in [-0.1, -0.05) is 0 Å². The third kappa shape index (κ3) is 3.52. The van der Waals surface area contributed by atoms with Crippen molar-refractivity contribution < 1.29 is 13.9 Å². The molecule has 8 nitrogen and oxygen atoms in total. The summed E-state index contributed by atoms with van der Waals surface area (Å²) < 4.78 is 21.4. The summed E-state index contributed by atoms with van der Waals surface area (Å²) in [5.41, 5.74) is 6.65. The van der Waals surface area contributed by atoms with Crippen LogP contribution in [0.3, 0.4) is 0 Å². The monoisotopic (exact) mass is 358 g/mol. The van der Waals surface area contributed by atoms with Crippen LogP contribution in [0.15, 0.2) is 49.1 Å². The van der Waals surface area contributed by atoms with Crippen LogP contribution in [0.4, 0.5) is 14.9 Å². The fourth-order valence-electron chi connectivity index (χ4n) is 2.76. The number of hydrogen-bond donors (Lipinski definition) is 3. The fraction of sp³-hybridized carbons (Fsp3) is 0.176. The van der Waals surface area contributed by atoms with Crippen LogP contribution >= 0.6 is 0 Å². The minimum absolute atomic E-state index is 0.255. The quantitative estimate of drug-likeness (QED) is 0.412. The first-order chi connectivity index (χ1) is 12.5. The van der Waals surface area contributed by atoms with Crippen LogP contribution in [0, 0.1) is 11.2 Å². The molecule has 2 aromatic rings. The Bertz CT molecular complexity index is 850. The third-order valence-electron chi connectivity index (χ3n) is 3.97. The van der Waals surface area contributed by atoms with Crippen LogP contribution in [-0.2, 0) is 4.74 Å². The number of carbonyl (C=O) groups excluding carboxylic acids is 1. The number of hydrogen-bond acceptors (Lipinski definition) is 6. The van der Waals surface area contributed by atoms with E-state index in [9.17, 15) is 9.18 Å². The number of rotatable bonds is 6. The number of hydrazine groups is 1. The number of amides is 1. The van der Waals surface area contributed by atoms with Crippen molar-refractivity contribution in [2.24, 2.45) is 11.6 Å². The van der Waals surface area contributed by atoms with Gasteiger partial charge in [-0.2, -0.15) is 0 Å². The van der Waals surface area contributed by atoms with Gasteiger partial charge in [0.25, 0.3) is 0 Å². The Morgan fingerprint density at radius 1 is 1.42 bits per heavy atom. The lowest BCUT2D eigenvalue weighted by Gasteiger charge is -2.17. The molecule has 1 saturated heterocycles. The number of nitrogens with one attached hydrogen (secondary N) is 1. The predicted octanol–water partition coefficient (Wildman–Crippen LogP) is 1.54. The molecule has 0 saturated carbocycles. The Morgan fingerprint density at radius 2 is 2.23 bits per heavy atom. The summed E-state index contributed by atoms with van der Waals surface area (Å²) in [6, 6.07) is 6.21. The van der Waals surface area contributed by atoms with Crippen molar-refractivity contribution in [3.05, 3.63) is 60.4 Å². The number of cyclic esters (lactones) is 1. The van der Waals surface area contributed by atoms with Crippen LogP contribution in [-0.4, -0.2) is 41.1 Å². The number of aromatic nitrogens is 1. The van der Waals surface area contributed by atoms with E-state index >= 15 is 0 Å². The summed E-state index contributed by atoms with van der Waals surface area (Å²) in [4.78, 5) is 13.4. The van der Waals surface area contributed by atoms with Crippen LogP contribution in [0.5, 0.6) is 0 Å². The molecule has 0 spiro atoms. The van der Waals surface area contributed by atoms with E-state index in [2.05, 4.69) is 0 Å². The number of anilines is 1. The minimum atomic E-state index is -0.556. The predicted molar refractivity (Wildman–Crippen MR) is 95.4 cm³/mol. The Labute approximate surface area is 149 Å². The fourth-order valence-corrected chi connectivity index (χ4v) is 2.76. The minimum Gasteiger partial charge on any atom is -0.442 e. The molecule has 1 aromatic heterocycles. The van der Waals surface area contributed by atoms with E-state index in [4.69, 9.17) is 21.7 Å². The topological polar surface area (TPSA) is 114 Å². The van der Waals surface area contributed by atoms with E-state index in [1.807, 2.05) is 0 Å². The third-order valence-corrected chi connectivity index (χ3v) is 3.97. The number of benzene rings is 1. The van der Waals surface area contributed by atoms with Crippen LogP contribution < -0.4 is 16.5 Å². The van der Waals surface area contributed by atoms with Gasteiger partial charge in [0.1, 0.15) is 11.9 Å². The maximum absolute atomic E-state index is 14.5. The molecule has 5 N–H and O–H groups in total. The van der Waals surface area contributed by atoms with Crippen molar-refractivity contribution in [3.63, 3.8) is 0 Å². The largest absolute Gasteiger partial charge is 0.442 e. The van der Waals surface area contributed by atoms with E-state index in [1.165, 1.54) is 34.6 Å². The number of nitrogens with zero attached hydrogens (tertiary/aromatic N) is 3. The molecule has 26 heavy (non-hydrogen) atoms. The smallest absolute Gasteiger partial charge is 0.414 e. The molecule has 136 valence electrons. The van der Waals surface area contributed by atoms with Crippen molar-refractivity contribution in [3.8, 4) is 5.69 Å². The van der Waals surface area contributed by atoms with Gasteiger partial charge >= 0.3 is 6.09 Å². The van der Waals surface area contributed by atoms with Gasteiger partial charge in [-0.05, 0) is 24.3 Å². The van der Waals surface area contributed by atoms with Crippen molar-refractivity contribution in [1.82, 2.24) is 9.58 Å². The number of ether oxygens (including phenoxy) is 1. The second-order valence-electron chi connectivity index (χ2n) is 5.79. The van der Waals surface area contributed by atoms with Crippen LogP contribution in [0.2, 0.25) is 0 Å². The maximum Gasteiger partial charge on any atom is 0.414 e. The molecule has 0 aliphatic carbocycles. The molecule has 0 bridgehead atoms. The molecule has 0 unspecified atom stereocenters. The van der Waals surface area contributed by atoms with Gasteiger partial charge in [0.2, 0.25) is 0 Å². The number of nitrogens with two attached hydrogens (primary N) is 2. The molecule has 2 heterocycles. The van der Waals surface area contributed by atoms with E-state index in [-0.39, 0.29) is 13.1 Å². The van der Waals surface area contributed by atoms with Gasteiger partial charge in [0.15, 0.2) is 0 Å². The molecule has 3 rings (SSSR count). The van der Waals surface area contributed by atoms with Crippen LogP contribution in [0.25, 0.3) is 5.69 Å². The molecule has 9 heteroatoms. The Kier molecular flexibility index (Phi) is 4.90. The Hall–Kier alpha value is -3.33. The van der Waals surface area contributed by atoms with E-state index in [0.717, 1.165) is 0 Å². The lowest BCUT2D eigenvalue weighted by atomic mass is 10.2. The lowest BCUT2D eigenvalue weighted by Crippen LogP contribution is -2.36. The molecule has 1 aliphatic rings. The summed E-state index contributed by atoms with van der Waals surface area (Å²) in [6.07, 6.45) is 6.23. The van der Waals surface area contributed by atoms with E-state index in [0.29, 0.717) is 16.9 Å². The summed E-state index contributed by atoms with van der Waals surface area (Å²) >= 11 is 0. The van der Waals surface area contributed by atoms with Crippen molar-refractivity contribution in [1.29, 1.82) is 5.41 Å². The molecule has 1 amide bonds. The molecule has 1 aliphatic heterocycles. The highest BCUT2D eigenvalue weighted by Gasteiger charge is 2.33. The highest BCUT2D eigenvalue weighted by Crippen LogP contribution is 2.26. The van der Waals surface area contributed by atoms with Gasteiger partial charge in [0, 0.05) is 36.6 Å². The Balaban J connectivity index is 1.76. The highest BCUT2D eigenvalue weighted by atomic mass is 19.1. The van der Waals surface area contributed by atoms with Gasteiger partial charge in [0.05, 0.1) is 24.5 Å². The van der Waals surface area contributed by atoms with E-state index in [1.54, 1.807) is 35.2 Å². The van der Waals surface area contributed by atoms with E-state index < -0.39 is 18.0 Å². The normalized spacial score (nSPS) is 16.9. The first-order valence-electron chi connectivity index (χ1n) is 7.88. The molecular weight excluding hydrogens is 339 g/mol. The average Bonchev–Trinajstić information content (AvgIpc) is 3.21. The average molecular weight is 358 g/mol. The zero-order valence-corrected chi connectivity index (χ0v) is 13.9. The highest BCUT2D eigenvalue weighted by molar-refractivity contribution is 5.89. The first kappa shape index (κ1) is 17.5. The molecule has 1 atom stereocenters. The van der Waals surface area contributed by atoms with Gasteiger partial charge < -0.3 is 25.5 Å². The number of carbonyl (C=O) groups is 1.